The number of hydrogen-bond donors (Lipinski definition) is 0. The molecule has 0 radical (unpaired) electrons. The van der Waals surface area contributed by atoms with E-state index in [0.717, 1.165) is 15.1 Å². The van der Waals surface area contributed by atoms with Gasteiger partial charge in [-0.2, -0.15) is 0 Å². The van der Waals surface area contributed by atoms with Crippen LogP contribution in [0.5, 0.6) is 0 Å². The first-order chi connectivity index (χ1) is 14.1. The largest absolute Gasteiger partial charge is 0.744 e. The predicted molar refractivity (Wildman–Crippen MR) is 109 cm³/mol. The van der Waals surface area contributed by atoms with E-state index in [9.17, 15) is 13.0 Å². The first-order valence-electron chi connectivity index (χ1n) is 8.54. The Labute approximate surface area is 172 Å². The summed E-state index contributed by atoms with van der Waals surface area (Å²) in [6.07, 6.45) is 5.42. The minimum absolute atomic E-state index is 0.185. The van der Waals surface area contributed by atoms with Crippen molar-refractivity contribution in [2.24, 2.45) is 0 Å². The van der Waals surface area contributed by atoms with Crippen LogP contribution in [0.1, 0.15) is 0 Å². The van der Waals surface area contributed by atoms with E-state index in [1.54, 1.807) is 24.7 Å². The molecule has 0 saturated heterocycles. The molecule has 29 heavy (non-hydrogen) atoms. The minimum atomic E-state index is -4.25. The lowest BCUT2D eigenvalue weighted by molar-refractivity contribution is 0.463. The Kier molecular flexibility index (Phi) is 7.07. The van der Waals surface area contributed by atoms with Crippen molar-refractivity contribution < 1.29 is 13.0 Å². The Morgan fingerprint density at radius 1 is 0.586 bits per heavy atom. The Balaban J connectivity index is 0.000000204. The van der Waals surface area contributed by atoms with Gasteiger partial charge in [-0.05, 0) is 30.3 Å². The maximum absolute atomic E-state index is 10.3. The fourth-order valence-corrected chi connectivity index (χ4v) is 4.59. The Hall–Kier alpha value is -3.07. The van der Waals surface area contributed by atoms with Crippen LogP contribution in [-0.4, -0.2) is 27.9 Å². The number of aromatic nitrogens is 3. The van der Waals surface area contributed by atoms with Crippen molar-refractivity contribution in [3.63, 3.8) is 0 Å². The zero-order valence-electron chi connectivity index (χ0n) is 15.2. The maximum atomic E-state index is 10.3. The molecule has 0 unspecified atom stereocenters. The van der Waals surface area contributed by atoms with Gasteiger partial charge in [-0.1, -0.05) is 36.4 Å². The van der Waals surface area contributed by atoms with Crippen LogP contribution in [0.4, 0.5) is 0 Å². The number of hydrogen-bond acceptors (Lipinski definition) is 6. The summed E-state index contributed by atoms with van der Waals surface area (Å²) in [6, 6.07) is 25.0. The van der Waals surface area contributed by atoms with E-state index < -0.39 is 10.1 Å². The van der Waals surface area contributed by atoms with Gasteiger partial charge in [0.2, 0.25) is 0 Å². The lowest BCUT2D eigenvalue weighted by atomic mass is 10.4. The van der Waals surface area contributed by atoms with Crippen molar-refractivity contribution >= 4 is 21.0 Å². The molecule has 0 saturated carbocycles. The maximum Gasteiger partial charge on any atom is 0.261 e. The Morgan fingerprint density at radius 2 is 0.966 bits per heavy atom. The number of benzene rings is 1. The van der Waals surface area contributed by atoms with Crippen molar-refractivity contribution in [2.45, 2.75) is 20.0 Å². The second-order valence-electron chi connectivity index (χ2n) is 5.58. The van der Waals surface area contributed by atoms with E-state index in [1.165, 1.54) is 24.3 Å². The van der Waals surface area contributed by atoms with Crippen LogP contribution < -0.4 is 0 Å². The molecule has 6 nitrogen and oxygen atoms in total. The molecule has 1 aromatic carbocycles. The molecule has 3 heterocycles. The summed E-state index contributed by atoms with van der Waals surface area (Å²) in [5.41, 5.74) is 0. The van der Waals surface area contributed by atoms with Crippen molar-refractivity contribution in [2.75, 3.05) is 0 Å². The van der Waals surface area contributed by atoms with Crippen LogP contribution in [0.2, 0.25) is 0 Å². The lowest BCUT2D eigenvalue weighted by Gasteiger charge is -2.04. The highest BCUT2D eigenvalue weighted by atomic mass is 32.2. The third-order valence-electron chi connectivity index (χ3n) is 3.57. The number of pyridine rings is 3. The van der Waals surface area contributed by atoms with Gasteiger partial charge in [0, 0.05) is 36.8 Å². The monoisotopic (exact) mass is 423 g/mol. The van der Waals surface area contributed by atoms with E-state index >= 15 is 0 Å². The normalized spacial score (nSPS) is 10.8. The highest BCUT2D eigenvalue weighted by Gasteiger charge is 2.32. The molecule has 0 fully saturated rings. The average Bonchev–Trinajstić information content (AvgIpc) is 2.77. The molecule has 0 atom stereocenters. The van der Waals surface area contributed by atoms with Crippen LogP contribution in [-0.2, 0) is 21.0 Å². The lowest BCUT2D eigenvalue weighted by Crippen LogP contribution is -2.09. The Morgan fingerprint density at radius 3 is 1.24 bits per heavy atom. The molecule has 146 valence electrons. The second kappa shape index (κ2) is 9.92. The molecule has 8 heteroatoms. The first-order valence-corrected chi connectivity index (χ1v) is 11.2. The third-order valence-corrected chi connectivity index (χ3v) is 6.40. The van der Waals surface area contributed by atoms with Crippen LogP contribution >= 0.6 is 0 Å². The standard InChI is InChI=1S/C15H12N3S.C6H6O3S/c1-4-10-16-13(7-1)19(14-8-2-5-11-17-14)15-9-3-6-12-18-15;7-10(8,9)6-4-2-1-3-5-6/h1-12H;1-5H,(H,7,8,9)/q+1;/p-1. The Bertz CT molecular complexity index is 1020. The number of rotatable bonds is 4. The molecule has 0 aliphatic carbocycles. The van der Waals surface area contributed by atoms with Gasteiger partial charge in [-0.3, -0.25) is 0 Å². The fraction of sp³-hybridized carbons (Fsp3) is 0. The second-order valence-corrected chi connectivity index (χ2v) is 8.82. The molecule has 4 aromatic rings. The molecule has 4 rings (SSSR count). The predicted octanol–water partition coefficient (Wildman–Crippen LogP) is 3.56. The first kappa shape index (κ1) is 20.7. The molecule has 0 N–H and O–H groups in total. The molecule has 0 amide bonds. The molecule has 0 aliphatic rings. The fourth-order valence-electron chi connectivity index (χ4n) is 2.31. The summed E-state index contributed by atoms with van der Waals surface area (Å²) in [5.74, 6) is 0. The number of nitrogens with zero attached hydrogens (tertiary/aromatic N) is 3. The molecular weight excluding hydrogens is 406 g/mol. The summed E-state index contributed by atoms with van der Waals surface area (Å²) >= 11 is 0. The van der Waals surface area contributed by atoms with E-state index in [0.29, 0.717) is 0 Å². The van der Waals surface area contributed by atoms with Gasteiger partial charge in [-0.25, -0.2) is 23.4 Å². The summed E-state index contributed by atoms with van der Waals surface area (Å²) in [4.78, 5) is 13.2. The van der Waals surface area contributed by atoms with Crippen molar-refractivity contribution in [3.8, 4) is 0 Å². The average molecular weight is 424 g/mol. The summed E-state index contributed by atoms with van der Waals surface area (Å²) in [5, 5.41) is 2.96. The van der Waals surface area contributed by atoms with E-state index in [4.69, 9.17) is 0 Å². The summed E-state index contributed by atoms with van der Waals surface area (Å²) in [6.45, 7) is 0. The highest BCUT2D eigenvalue weighted by molar-refractivity contribution is 7.96. The van der Waals surface area contributed by atoms with Crippen LogP contribution in [0.15, 0.2) is 123 Å². The van der Waals surface area contributed by atoms with Gasteiger partial charge in [-0.15, -0.1) is 0 Å². The topological polar surface area (TPSA) is 95.9 Å². The zero-order chi connectivity index (χ0) is 20.5. The molecular formula is C21H17N3O3S2. The molecule has 0 aliphatic heterocycles. The van der Waals surface area contributed by atoms with Gasteiger partial charge in [0.15, 0.2) is 10.9 Å². The van der Waals surface area contributed by atoms with Gasteiger partial charge in [0.05, 0.1) is 4.90 Å². The summed E-state index contributed by atoms with van der Waals surface area (Å²) in [7, 11) is -4.60. The van der Waals surface area contributed by atoms with Gasteiger partial charge in [0.1, 0.15) is 10.1 Å². The minimum Gasteiger partial charge on any atom is -0.744 e. The van der Waals surface area contributed by atoms with Crippen molar-refractivity contribution in [1.29, 1.82) is 0 Å². The zero-order valence-corrected chi connectivity index (χ0v) is 16.8. The SMILES string of the molecule is O=S(=O)([O-])c1ccccc1.c1ccc([S+](c2ccccn2)c2ccccn2)nc1. The molecule has 0 bridgehead atoms. The van der Waals surface area contributed by atoms with Crippen LogP contribution in [0.3, 0.4) is 0 Å². The smallest absolute Gasteiger partial charge is 0.261 e. The van der Waals surface area contributed by atoms with E-state index in [-0.39, 0.29) is 15.8 Å². The molecule has 3 aromatic heterocycles. The van der Waals surface area contributed by atoms with Gasteiger partial charge < -0.3 is 4.55 Å². The van der Waals surface area contributed by atoms with E-state index in [2.05, 4.69) is 15.0 Å². The van der Waals surface area contributed by atoms with E-state index in [1.807, 2.05) is 54.6 Å². The van der Waals surface area contributed by atoms with Gasteiger partial charge in [0.25, 0.3) is 15.1 Å². The highest BCUT2D eigenvalue weighted by Crippen LogP contribution is 2.26. The molecule has 0 spiro atoms. The van der Waals surface area contributed by atoms with Crippen molar-refractivity contribution in [1.82, 2.24) is 15.0 Å². The van der Waals surface area contributed by atoms with Crippen LogP contribution in [0.25, 0.3) is 0 Å². The van der Waals surface area contributed by atoms with Crippen molar-refractivity contribution in [3.05, 3.63) is 104 Å². The van der Waals surface area contributed by atoms with Gasteiger partial charge >= 0.3 is 0 Å². The third kappa shape index (κ3) is 5.95. The van der Waals surface area contributed by atoms with Crippen LogP contribution in [0, 0.1) is 0 Å². The summed E-state index contributed by atoms with van der Waals surface area (Å²) < 4.78 is 30.8. The quantitative estimate of drug-likeness (QED) is 0.368.